The van der Waals surface area contributed by atoms with Gasteiger partial charge in [0.15, 0.2) is 0 Å². The molecule has 0 aromatic heterocycles. The molecule has 0 bridgehead atoms. The summed E-state index contributed by atoms with van der Waals surface area (Å²) < 4.78 is 0. The second kappa shape index (κ2) is 6.26. The van der Waals surface area contributed by atoms with Gasteiger partial charge in [0.2, 0.25) is 0 Å². The van der Waals surface area contributed by atoms with Gasteiger partial charge in [-0.25, -0.2) is 0 Å². The SMILES string of the molecule is CC.CCC1(CC)C(=O)CCC1(C)C.O. The van der Waals surface area contributed by atoms with Crippen molar-refractivity contribution >= 4 is 5.78 Å². The van der Waals surface area contributed by atoms with Crippen molar-refractivity contribution in [1.82, 2.24) is 0 Å². The van der Waals surface area contributed by atoms with Gasteiger partial charge in [-0.1, -0.05) is 41.5 Å². The van der Waals surface area contributed by atoms with Crippen molar-refractivity contribution in [3.8, 4) is 0 Å². The van der Waals surface area contributed by atoms with E-state index in [-0.39, 0.29) is 16.3 Å². The zero-order valence-corrected chi connectivity index (χ0v) is 11.2. The molecule has 1 aliphatic carbocycles. The summed E-state index contributed by atoms with van der Waals surface area (Å²) in [7, 11) is 0. The topological polar surface area (TPSA) is 48.6 Å². The molecule has 0 radical (unpaired) electrons. The molecular formula is C13H28O2. The van der Waals surface area contributed by atoms with Gasteiger partial charge in [-0.3, -0.25) is 4.79 Å². The van der Waals surface area contributed by atoms with E-state index in [9.17, 15) is 4.79 Å². The molecule has 1 fully saturated rings. The first-order valence-corrected chi connectivity index (χ1v) is 6.03. The van der Waals surface area contributed by atoms with Gasteiger partial charge in [-0.05, 0) is 24.7 Å². The van der Waals surface area contributed by atoms with E-state index in [0.29, 0.717) is 5.78 Å². The van der Waals surface area contributed by atoms with E-state index in [4.69, 9.17) is 0 Å². The molecule has 2 nitrogen and oxygen atoms in total. The van der Waals surface area contributed by atoms with Crippen molar-refractivity contribution in [1.29, 1.82) is 0 Å². The Labute approximate surface area is 94.8 Å². The Hall–Kier alpha value is -0.370. The third-order valence-electron chi connectivity index (χ3n) is 4.01. The fourth-order valence-electron chi connectivity index (χ4n) is 2.88. The van der Waals surface area contributed by atoms with Gasteiger partial charge in [-0.15, -0.1) is 0 Å². The highest BCUT2D eigenvalue weighted by Crippen LogP contribution is 2.54. The Bertz CT molecular complexity index is 191. The Morgan fingerprint density at radius 1 is 1.13 bits per heavy atom. The van der Waals surface area contributed by atoms with Gasteiger partial charge in [0.25, 0.3) is 0 Å². The van der Waals surface area contributed by atoms with Crippen molar-refractivity contribution < 1.29 is 10.3 Å². The third kappa shape index (κ3) is 2.60. The van der Waals surface area contributed by atoms with Gasteiger partial charge in [0, 0.05) is 11.8 Å². The van der Waals surface area contributed by atoms with Gasteiger partial charge in [-0.2, -0.15) is 0 Å². The molecule has 0 aromatic rings. The summed E-state index contributed by atoms with van der Waals surface area (Å²) in [5, 5.41) is 0. The molecule has 92 valence electrons. The lowest BCUT2D eigenvalue weighted by atomic mass is 9.64. The molecule has 2 N–H and O–H groups in total. The monoisotopic (exact) mass is 216 g/mol. The van der Waals surface area contributed by atoms with Crippen molar-refractivity contribution in [3.63, 3.8) is 0 Å². The molecule has 0 saturated heterocycles. The molecule has 0 aromatic carbocycles. The van der Waals surface area contributed by atoms with E-state index in [1.165, 1.54) is 0 Å². The largest absolute Gasteiger partial charge is 0.412 e. The van der Waals surface area contributed by atoms with Crippen LogP contribution in [-0.2, 0) is 4.79 Å². The lowest BCUT2D eigenvalue weighted by molar-refractivity contribution is -0.129. The Morgan fingerprint density at radius 2 is 1.53 bits per heavy atom. The second-order valence-electron chi connectivity index (χ2n) is 4.60. The lowest BCUT2D eigenvalue weighted by Gasteiger charge is -2.38. The van der Waals surface area contributed by atoms with Crippen LogP contribution in [0, 0.1) is 10.8 Å². The van der Waals surface area contributed by atoms with Crippen LogP contribution in [-0.4, -0.2) is 11.3 Å². The Balaban J connectivity index is 0. The van der Waals surface area contributed by atoms with Crippen LogP contribution in [0.2, 0.25) is 0 Å². The number of hydrogen-bond acceptors (Lipinski definition) is 1. The first kappa shape index (κ1) is 17.0. The van der Waals surface area contributed by atoms with Crippen molar-refractivity contribution in [3.05, 3.63) is 0 Å². The Morgan fingerprint density at radius 3 is 1.67 bits per heavy atom. The maximum absolute atomic E-state index is 11.8. The maximum atomic E-state index is 11.8. The van der Waals surface area contributed by atoms with E-state index in [1.807, 2.05) is 13.8 Å². The summed E-state index contributed by atoms with van der Waals surface area (Å²) in [5.74, 6) is 0.498. The number of rotatable bonds is 2. The molecule has 2 heteroatoms. The second-order valence-corrected chi connectivity index (χ2v) is 4.60. The molecule has 0 spiro atoms. The molecule has 1 aliphatic rings. The van der Waals surface area contributed by atoms with Crippen LogP contribution in [0.4, 0.5) is 0 Å². The highest BCUT2D eigenvalue weighted by molar-refractivity contribution is 5.87. The molecule has 1 saturated carbocycles. The van der Waals surface area contributed by atoms with Crippen LogP contribution >= 0.6 is 0 Å². The summed E-state index contributed by atoms with van der Waals surface area (Å²) >= 11 is 0. The summed E-state index contributed by atoms with van der Waals surface area (Å²) in [6.07, 6.45) is 3.90. The van der Waals surface area contributed by atoms with E-state index in [1.54, 1.807) is 0 Å². The van der Waals surface area contributed by atoms with Crippen LogP contribution in [0.15, 0.2) is 0 Å². The van der Waals surface area contributed by atoms with Crippen LogP contribution in [0.1, 0.15) is 67.2 Å². The van der Waals surface area contributed by atoms with E-state index in [2.05, 4.69) is 27.7 Å². The highest BCUT2D eigenvalue weighted by atomic mass is 16.1. The predicted octanol–water partition coefficient (Wildman–Crippen LogP) is 3.38. The van der Waals surface area contributed by atoms with Crippen LogP contribution in [0.25, 0.3) is 0 Å². The molecule has 0 amide bonds. The van der Waals surface area contributed by atoms with Crippen LogP contribution in [0.3, 0.4) is 0 Å². The Kier molecular flexibility index (Phi) is 7.12. The molecule has 0 aliphatic heterocycles. The van der Waals surface area contributed by atoms with Gasteiger partial charge < -0.3 is 5.48 Å². The van der Waals surface area contributed by atoms with Crippen molar-refractivity contribution in [2.75, 3.05) is 0 Å². The van der Waals surface area contributed by atoms with Crippen molar-refractivity contribution in [2.45, 2.75) is 67.2 Å². The number of carbonyl (C=O) groups is 1. The molecule has 15 heavy (non-hydrogen) atoms. The smallest absolute Gasteiger partial charge is 0.139 e. The van der Waals surface area contributed by atoms with Gasteiger partial charge in [0.05, 0.1) is 0 Å². The molecule has 0 heterocycles. The summed E-state index contributed by atoms with van der Waals surface area (Å²) in [6.45, 7) is 12.8. The minimum Gasteiger partial charge on any atom is -0.412 e. The van der Waals surface area contributed by atoms with Gasteiger partial charge in [0.1, 0.15) is 5.78 Å². The number of hydrogen-bond donors (Lipinski definition) is 0. The quantitative estimate of drug-likeness (QED) is 0.698. The minimum atomic E-state index is -0.00694. The summed E-state index contributed by atoms with van der Waals surface area (Å²) in [4.78, 5) is 11.8. The average molecular weight is 216 g/mol. The maximum Gasteiger partial charge on any atom is 0.139 e. The van der Waals surface area contributed by atoms with Crippen LogP contribution in [0.5, 0.6) is 0 Å². The van der Waals surface area contributed by atoms with E-state index >= 15 is 0 Å². The number of ketones is 1. The van der Waals surface area contributed by atoms with Crippen molar-refractivity contribution in [2.24, 2.45) is 10.8 Å². The zero-order valence-electron chi connectivity index (χ0n) is 11.2. The lowest BCUT2D eigenvalue weighted by Crippen LogP contribution is -2.36. The molecule has 0 unspecified atom stereocenters. The first-order chi connectivity index (χ1) is 6.50. The number of carbonyl (C=O) groups excluding carboxylic acids is 1. The summed E-state index contributed by atoms with van der Waals surface area (Å²) in [5.41, 5.74) is 0.223. The highest BCUT2D eigenvalue weighted by Gasteiger charge is 2.51. The zero-order chi connectivity index (χ0) is 11.4. The number of Topliss-reactive ketones (excluding diaryl/α,β-unsaturated/α-hetero) is 1. The third-order valence-corrected chi connectivity index (χ3v) is 4.01. The minimum absolute atomic E-state index is 0. The first-order valence-electron chi connectivity index (χ1n) is 6.03. The molecule has 1 rings (SSSR count). The fraction of sp³-hybridized carbons (Fsp3) is 0.923. The predicted molar refractivity (Wildman–Crippen MR) is 66.0 cm³/mol. The molecular weight excluding hydrogens is 188 g/mol. The fourth-order valence-corrected chi connectivity index (χ4v) is 2.88. The van der Waals surface area contributed by atoms with E-state index < -0.39 is 0 Å². The summed E-state index contributed by atoms with van der Waals surface area (Å²) in [6, 6.07) is 0. The van der Waals surface area contributed by atoms with Gasteiger partial charge >= 0.3 is 0 Å². The average Bonchev–Trinajstić information content (AvgIpc) is 2.42. The van der Waals surface area contributed by atoms with E-state index in [0.717, 1.165) is 25.7 Å². The van der Waals surface area contributed by atoms with Crippen LogP contribution < -0.4 is 0 Å². The molecule has 0 atom stereocenters. The normalized spacial score (nSPS) is 21.3. The standard InChI is InChI=1S/C11H20O.C2H6.H2O/c1-5-11(6-2)9(12)7-8-10(11,3)4;1-2;/h5-8H2,1-4H3;1-2H3;1H2.